The summed E-state index contributed by atoms with van der Waals surface area (Å²) in [6.07, 6.45) is 15.3. The van der Waals surface area contributed by atoms with Crippen LogP contribution in [0.3, 0.4) is 0 Å². The third-order valence-electron chi connectivity index (χ3n) is 8.26. The third-order valence-corrected chi connectivity index (χ3v) is 10.2. The summed E-state index contributed by atoms with van der Waals surface area (Å²) in [6, 6.07) is 6.15. The first-order chi connectivity index (χ1) is 17.0. The van der Waals surface area contributed by atoms with Crippen LogP contribution in [0.5, 0.6) is 0 Å². The Morgan fingerprint density at radius 3 is 1.94 bits per heavy atom. The second-order valence-electron chi connectivity index (χ2n) is 10.5. The van der Waals surface area contributed by atoms with E-state index < -0.39 is 25.6 Å². The SMILES string of the molecule is C#CC1(O)c2cc(S(N)(=O)=O)ccc2-c2cc(C3CCCCC3)c(S(N)(=O)=O)c(C3CCCCC3)c21. The predicted molar refractivity (Wildman–Crippen MR) is 138 cm³/mol. The molecule has 0 aliphatic heterocycles. The summed E-state index contributed by atoms with van der Waals surface area (Å²) in [5.74, 6) is 2.38. The molecule has 5 rings (SSSR count). The van der Waals surface area contributed by atoms with E-state index in [1.165, 1.54) is 12.1 Å². The zero-order valence-electron chi connectivity index (χ0n) is 20.2. The molecule has 36 heavy (non-hydrogen) atoms. The molecule has 2 aromatic rings. The van der Waals surface area contributed by atoms with Crippen LogP contribution < -0.4 is 10.3 Å². The molecule has 192 valence electrons. The van der Waals surface area contributed by atoms with Gasteiger partial charge >= 0.3 is 0 Å². The van der Waals surface area contributed by atoms with E-state index in [4.69, 9.17) is 16.7 Å². The van der Waals surface area contributed by atoms with Crippen LogP contribution in [0.25, 0.3) is 11.1 Å². The minimum atomic E-state index is -4.16. The Labute approximate surface area is 213 Å². The molecule has 1 unspecified atom stereocenters. The Balaban J connectivity index is 1.90. The van der Waals surface area contributed by atoms with Gasteiger partial charge in [-0.25, -0.2) is 27.1 Å². The van der Waals surface area contributed by atoms with Crippen molar-refractivity contribution in [3.05, 3.63) is 46.5 Å². The maximum Gasteiger partial charge on any atom is 0.238 e. The Morgan fingerprint density at radius 2 is 1.42 bits per heavy atom. The Kier molecular flexibility index (Phi) is 6.33. The Hall–Kier alpha value is -2.22. The molecule has 0 bridgehead atoms. The van der Waals surface area contributed by atoms with Crippen LogP contribution in [0, 0.1) is 12.3 Å². The van der Waals surface area contributed by atoms with E-state index in [1.807, 2.05) is 6.07 Å². The molecule has 0 spiro atoms. The first kappa shape index (κ1) is 25.4. The third kappa shape index (κ3) is 4.09. The first-order valence-corrected chi connectivity index (χ1v) is 15.7. The molecule has 1 atom stereocenters. The molecule has 3 aliphatic carbocycles. The van der Waals surface area contributed by atoms with Gasteiger partial charge in [0.2, 0.25) is 20.0 Å². The molecule has 0 radical (unpaired) electrons. The van der Waals surface area contributed by atoms with Crippen molar-refractivity contribution in [3.8, 4) is 23.5 Å². The number of sulfonamides is 2. The highest BCUT2D eigenvalue weighted by Gasteiger charge is 2.47. The smallest absolute Gasteiger partial charge is 0.238 e. The fraction of sp³-hybridized carbons (Fsp3) is 0.481. The molecule has 2 saturated carbocycles. The number of fused-ring (bicyclic) bond motifs is 3. The lowest BCUT2D eigenvalue weighted by Crippen LogP contribution is -2.29. The van der Waals surface area contributed by atoms with Gasteiger partial charge in [-0.05, 0) is 78.0 Å². The van der Waals surface area contributed by atoms with E-state index in [0.717, 1.165) is 64.2 Å². The number of nitrogens with two attached hydrogens (primary N) is 2. The van der Waals surface area contributed by atoms with Gasteiger partial charge in [-0.2, -0.15) is 0 Å². The van der Waals surface area contributed by atoms with Gasteiger partial charge in [-0.3, -0.25) is 0 Å². The first-order valence-electron chi connectivity index (χ1n) is 12.6. The van der Waals surface area contributed by atoms with E-state index in [2.05, 4.69) is 5.92 Å². The molecule has 7 nitrogen and oxygen atoms in total. The van der Waals surface area contributed by atoms with Crippen LogP contribution in [0.1, 0.15) is 98.3 Å². The fourth-order valence-corrected chi connectivity index (χ4v) is 8.31. The van der Waals surface area contributed by atoms with Crippen molar-refractivity contribution in [2.24, 2.45) is 10.3 Å². The largest absolute Gasteiger partial charge is 0.369 e. The van der Waals surface area contributed by atoms with E-state index >= 15 is 0 Å². The number of hydrogen-bond acceptors (Lipinski definition) is 5. The highest BCUT2D eigenvalue weighted by atomic mass is 32.2. The Bertz CT molecular complexity index is 1480. The molecule has 3 aliphatic rings. The van der Waals surface area contributed by atoms with Crippen molar-refractivity contribution in [2.45, 2.75) is 91.4 Å². The molecule has 9 heteroatoms. The minimum absolute atomic E-state index is 0.0337. The van der Waals surface area contributed by atoms with E-state index in [0.29, 0.717) is 27.8 Å². The maximum absolute atomic E-state index is 13.3. The quantitative estimate of drug-likeness (QED) is 0.516. The van der Waals surface area contributed by atoms with Crippen LogP contribution in [0.2, 0.25) is 0 Å². The fourth-order valence-electron chi connectivity index (χ4n) is 6.64. The van der Waals surface area contributed by atoms with Gasteiger partial charge in [0.1, 0.15) is 0 Å². The van der Waals surface area contributed by atoms with Crippen LogP contribution in [0.15, 0.2) is 34.1 Å². The molecule has 0 amide bonds. The number of rotatable bonds is 4. The van der Waals surface area contributed by atoms with E-state index in [-0.39, 0.29) is 27.2 Å². The lowest BCUT2D eigenvalue weighted by Gasteiger charge is -2.33. The summed E-state index contributed by atoms with van der Waals surface area (Å²) in [7, 11) is -8.21. The van der Waals surface area contributed by atoms with Crippen molar-refractivity contribution in [1.82, 2.24) is 0 Å². The summed E-state index contributed by atoms with van der Waals surface area (Å²) in [6.45, 7) is 0. The lowest BCUT2D eigenvalue weighted by atomic mass is 9.75. The van der Waals surface area contributed by atoms with E-state index in [9.17, 15) is 21.9 Å². The normalized spacial score (nSPS) is 23.2. The molecule has 2 aromatic carbocycles. The summed E-state index contributed by atoms with van der Waals surface area (Å²) in [4.78, 5) is -0.0608. The average Bonchev–Trinajstić information content (AvgIpc) is 3.11. The van der Waals surface area contributed by atoms with Gasteiger partial charge in [0.15, 0.2) is 5.60 Å². The second-order valence-corrected chi connectivity index (χ2v) is 13.5. The van der Waals surface area contributed by atoms with Crippen molar-refractivity contribution in [3.63, 3.8) is 0 Å². The van der Waals surface area contributed by atoms with Crippen LogP contribution >= 0.6 is 0 Å². The number of primary sulfonamides is 2. The lowest BCUT2D eigenvalue weighted by molar-refractivity contribution is 0.148. The molecule has 5 N–H and O–H groups in total. The van der Waals surface area contributed by atoms with Crippen molar-refractivity contribution < 1.29 is 21.9 Å². The summed E-state index contributed by atoms with van der Waals surface area (Å²) in [5, 5.41) is 23.3. The second kappa shape index (κ2) is 8.96. The minimum Gasteiger partial charge on any atom is -0.369 e. The molecular weight excluding hydrogens is 496 g/mol. The van der Waals surface area contributed by atoms with Crippen LogP contribution in [-0.4, -0.2) is 21.9 Å². The van der Waals surface area contributed by atoms with Gasteiger partial charge in [0.25, 0.3) is 0 Å². The topological polar surface area (TPSA) is 141 Å². The van der Waals surface area contributed by atoms with Gasteiger partial charge in [0.05, 0.1) is 9.79 Å². The monoisotopic (exact) mass is 528 g/mol. The van der Waals surface area contributed by atoms with Gasteiger partial charge in [-0.15, -0.1) is 6.42 Å². The number of aliphatic hydroxyl groups is 1. The highest BCUT2D eigenvalue weighted by Crippen LogP contribution is 2.55. The molecule has 0 heterocycles. The molecular formula is C27H32N2O5S2. The molecule has 0 saturated heterocycles. The maximum atomic E-state index is 13.3. The molecule has 2 fully saturated rings. The van der Waals surface area contributed by atoms with Gasteiger partial charge in [-0.1, -0.05) is 50.5 Å². The van der Waals surface area contributed by atoms with Crippen molar-refractivity contribution in [2.75, 3.05) is 0 Å². The summed E-state index contributed by atoms with van der Waals surface area (Å²) in [5.41, 5.74) is 1.02. The van der Waals surface area contributed by atoms with Crippen molar-refractivity contribution >= 4 is 20.0 Å². The zero-order valence-corrected chi connectivity index (χ0v) is 21.8. The highest BCUT2D eigenvalue weighted by molar-refractivity contribution is 7.89. The van der Waals surface area contributed by atoms with Gasteiger partial charge < -0.3 is 5.11 Å². The standard InChI is InChI=1S/C27H32N2O5S2/c1-2-27(30)23-15-19(35(28,31)32)13-14-20(23)22-16-21(17-9-5-3-6-10-17)26(36(29,33)34)24(25(22)27)18-11-7-4-8-12-18/h1,13-18,30H,3-12H2,(H2,28,31,32)(H2,29,33,34). The number of benzene rings is 2. The predicted octanol–water partition coefficient (Wildman–Crippen LogP) is 3.93. The van der Waals surface area contributed by atoms with Crippen LogP contribution in [-0.2, 0) is 25.6 Å². The molecule has 0 aromatic heterocycles. The van der Waals surface area contributed by atoms with Crippen molar-refractivity contribution in [1.29, 1.82) is 0 Å². The van der Waals surface area contributed by atoms with Crippen LogP contribution in [0.4, 0.5) is 0 Å². The zero-order chi connectivity index (χ0) is 25.9. The number of hydrogen-bond donors (Lipinski definition) is 3. The average molecular weight is 529 g/mol. The Morgan fingerprint density at radius 1 is 0.833 bits per heavy atom. The van der Waals surface area contributed by atoms with Gasteiger partial charge in [0, 0.05) is 11.1 Å². The number of terminal acetylenes is 1. The summed E-state index contributed by atoms with van der Waals surface area (Å²) >= 11 is 0. The summed E-state index contributed by atoms with van der Waals surface area (Å²) < 4.78 is 50.8. The van der Waals surface area contributed by atoms with E-state index in [1.54, 1.807) is 6.07 Å².